The molecule has 0 aliphatic rings. The van der Waals surface area contributed by atoms with Crippen LogP contribution in [0, 0.1) is 0 Å². The van der Waals surface area contributed by atoms with Crippen molar-refractivity contribution in [3.05, 3.63) is 35.9 Å². The van der Waals surface area contributed by atoms with Crippen molar-refractivity contribution in [2.24, 2.45) is 0 Å². The first-order chi connectivity index (χ1) is 7.03. The standard InChI is InChI=1S/C13H21NS/c1-13(2,3)15-10-12(14-4)11-8-6-5-7-9-11/h5-9,12,14H,10H2,1-4H3/t12-/m1/s1. The van der Waals surface area contributed by atoms with Gasteiger partial charge in [-0.2, -0.15) is 11.8 Å². The van der Waals surface area contributed by atoms with Crippen LogP contribution in [0.4, 0.5) is 0 Å². The van der Waals surface area contributed by atoms with Crippen LogP contribution in [0.3, 0.4) is 0 Å². The van der Waals surface area contributed by atoms with Crippen molar-refractivity contribution in [3.8, 4) is 0 Å². The Morgan fingerprint density at radius 3 is 2.27 bits per heavy atom. The molecule has 1 N–H and O–H groups in total. The second-order valence-corrected chi connectivity index (χ2v) is 6.52. The average molecular weight is 223 g/mol. The Morgan fingerprint density at radius 1 is 1.20 bits per heavy atom. The number of hydrogen-bond donors (Lipinski definition) is 1. The molecule has 0 heterocycles. The van der Waals surface area contributed by atoms with E-state index in [1.165, 1.54) is 5.56 Å². The second kappa shape index (κ2) is 5.57. The molecular weight excluding hydrogens is 202 g/mol. The highest BCUT2D eigenvalue weighted by Crippen LogP contribution is 2.28. The van der Waals surface area contributed by atoms with E-state index in [0.29, 0.717) is 10.8 Å². The Morgan fingerprint density at radius 2 is 1.80 bits per heavy atom. The van der Waals surface area contributed by atoms with Crippen LogP contribution in [-0.4, -0.2) is 17.5 Å². The summed E-state index contributed by atoms with van der Waals surface area (Å²) in [4.78, 5) is 0. The summed E-state index contributed by atoms with van der Waals surface area (Å²) in [5, 5.41) is 3.37. The lowest BCUT2D eigenvalue weighted by atomic mass is 10.1. The van der Waals surface area contributed by atoms with Gasteiger partial charge >= 0.3 is 0 Å². The predicted molar refractivity (Wildman–Crippen MR) is 70.5 cm³/mol. The third-order valence-electron chi connectivity index (χ3n) is 2.23. The first-order valence-electron chi connectivity index (χ1n) is 5.39. The SMILES string of the molecule is CN[C@H](CSC(C)(C)C)c1ccccc1. The van der Waals surface area contributed by atoms with Gasteiger partial charge in [0.05, 0.1) is 0 Å². The molecule has 0 aliphatic carbocycles. The fraction of sp³-hybridized carbons (Fsp3) is 0.538. The predicted octanol–water partition coefficient (Wildman–Crippen LogP) is 3.48. The minimum absolute atomic E-state index is 0.337. The van der Waals surface area contributed by atoms with Crippen LogP contribution in [-0.2, 0) is 0 Å². The van der Waals surface area contributed by atoms with E-state index >= 15 is 0 Å². The van der Waals surface area contributed by atoms with Crippen LogP contribution in [0.1, 0.15) is 32.4 Å². The normalized spacial score (nSPS) is 13.9. The lowest BCUT2D eigenvalue weighted by molar-refractivity contribution is 0.656. The van der Waals surface area contributed by atoms with Crippen molar-refractivity contribution in [1.82, 2.24) is 5.32 Å². The number of thioether (sulfide) groups is 1. The first kappa shape index (κ1) is 12.6. The molecule has 0 saturated heterocycles. The smallest absolute Gasteiger partial charge is 0.0409 e. The Balaban J connectivity index is 2.58. The lowest BCUT2D eigenvalue weighted by Gasteiger charge is -2.23. The maximum Gasteiger partial charge on any atom is 0.0409 e. The van der Waals surface area contributed by atoms with Crippen LogP contribution in [0.5, 0.6) is 0 Å². The summed E-state index contributed by atoms with van der Waals surface area (Å²) in [5.41, 5.74) is 1.37. The molecule has 0 unspecified atom stereocenters. The van der Waals surface area contributed by atoms with Gasteiger partial charge in [-0.1, -0.05) is 51.1 Å². The van der Waals surface area contributed by atoms with Crippen molar-refractivity contribution >= 4 is 11.8 Å². The maximum atomic E-state index is 3.37. The third kappa shape index (κ3) is 4.72. The Bertz CT molecular complexity index is 276. The van der Waals surface area contributed by atoms with Gasteiger partial charge in [-0.3, -0.25) is 0 Å². The van der Waals surface area contributed by atoms with Gasteiger partial charge in [0.15, 0.2) is 0 Å². The van der Waals surface area contributed by atoms with E-state index in [2.05, 4.69) is 56.4 Å². The molecule has 0 amide bonds. The summed E-state index contributed by atoms with van der Waals surface area (Å²) in [5.74, 6) is 1.12. The zero-order chi connectivity index (χ0) is 11.3. The van der Waals surface area contributed by atoms with Crippen LogP contribution in [0.15, 0.2) is 30.3 Å². The number of benzene rings is 1. The zero-order valence-electron chi connectivity index (χ0n) is 10.1. The molecule has 1 aromatic carbocycles. The molecule has 84 valence electrons. The van der Waals surface area contributed by atoms with Crippen LogP contribution in [0.25, 0.3) is 0 Å². The van der Waals surface area contributed by atoms with E-state index in [0.717, 1.165) is 5.75 Å². The van der Waals surface area contributed by atoms with Crippen molar-refractivity contribution in [2.75, 3.05) is 12.8 Å². The van der Waals surface area contributed by atoms with Gasteiger partial charge in [0.25, 0.3) is 0 Å². The molecule has 15 heavy (non-hydrogen) atoms. The van der Waals surface area contributed by atoms with Gasteiger partial charge in [0.1, 0.15) is 0 Å². The summed E-state index contributed by atoms with van der Waals surface area (Å²) < 4.78 is 0.337. The van der Waals surface area contributed by atoms with E-state index in [4.69, 9.17) is 0 Å². The largest absolute Gasteiger partial charge is 0.312 e. The summed E-state index contributed by atoms with van der Waals surface area (Å²) in [6, 6.07) is 11.1. The molecule has 1 rings (SSSR count). The van der Waals surface area contributed by atoms with Crippen molar-refractivity contribution in [1.29, 1.82) is 0 Å². The van der Waals surface area contributed by atoms with Crippen molar-refractivity contribution in [2.45, 2.75) is 31.6 Å². The summed E-state index contributed by atoms with van der Waals surface area (Å²) in [6.45, 7) is 6.78. The Labute approximate surface area is 97.7 Å². The van der Waals surface area contributed by atoms with Crippen LogP contribution >= 0.6 is 11.8 Å². The highest BCUT2D eigenvalue weighted by molar-refractivity contribution is 8.00. The number of hydrogen-bond acceptors (Lipinski definition) is 2. The van der Waals surface area contributed by atoms with Gasteiger partial charge in [-0.05, 0) is 12.6 Å². The highest BCUT2D eigenvalue weighted by atomic mass is 32.2. The summed E-state index contributed by atoms with van der Waals surface area (Å²) >= 11 is 2.00. The monoisotopic (exact) mass is 223 g/mol. The third-order valence-corrected chi connectivity index (χ3v) is 3.60. The molecular formula is C13H21NS. The van der Waals surface area contributed by atoms with Gasteiger partial charge in [-0.25, -0.2) is 0 Å². The van der Waals surface area contributed by atoms with E-state index in [1.807, 2.05) is 18.8 Å². The molecule has 0 radical (unpaired) electrons. The minimum Gasteiger partial charge on any atom is -0.312 e. The number of rotatable bonds is 4. The molecule has 0 spiro atoms. The van der Waals surface area contributed by atoms with Gasteiger partial charge in [-0.15, -0.1) is 0 Å². The van der Waals surface area contributed by atoms with E-state index in [9.17, 15) is 0 Å². The molecule has 0 saturated carbocycles. The fourth-order valence-corrected chi connectivity index (χ4v) is 2.39. The molecule has 1 aromatic rings. The Kier molecular flexibility index (Phi) is 4.68. The number of nitrogens with one attached hydrogen (secondary N) is 1. The van der Waals surface area contributed by atoms with Crippen molar-refractivity contribution in [3.63, 3.8) is 0 Å². The van der Waals surface area contributed by atoms with Gasteiger partial charge in [0.2, 0.25) is 0 Å². The highest BCUT2D eigenvalue weighted by Gasteiger charge is 2.15. The second-order valence-electron chi connectivity index (χ2n) is 4.68. The quantitative estimate of drug-likeness (QED) is 0.838. The minimum atomic E-state index is 0.337. The van der Waals surface area contributed by atoms with E-state index in [1.54, 1.807) is 0 Å². The Hall–Kier alpha value is -0.470. The van der Waals surface area contributed by atoms with Gasteiger partial charge < -0.3 is 5.32 Å². The molecule has 0 aliphatic heterocycles. The molecule has 0 aromatic heterocycles. The molecule has 2 heteroatoms. The fourth-order valence-electron chi connectivity index (χ4n) is 1.36. The summed E-state index contributed by atoms with van der Waals surface area (Å²) in [6.07, 6.45) is 0. The molecule has 1 nitrogen and oxygen atoms in total. The average Bonchev–Trinajstić information content (AvgIpc) is 2.19. The maximum absolute atomic E-state index is 3.37. The molecule has 0 bridgehead atoms. The topological polar surface area (TPSA) is 12.0 Å². The zero-order valence-corrected chi connectivity index (χ0v) is 10.9. The van der Waals surface area contributed by atoms with Gasteiger partial charge in [0, 0.05) is 16.5 Å². The van der Waals surface area contributed by atoms with Crippen LogP contribution < -0.4 is 5.32 Å². The van der Waals surface area contributed by atoms with E-state index < -0.39 is 0 Å². The molecule has 0 fully saturated rings. The van der Waals surface area contributed by atoms with Crippen LogP contribution in [0.2, 0.25) is 0 Å². The van der Waals surface area contributed by atoms with E-state index in [-0.39, 0.29) is 0 Å². The van der Waals surface area contributed by atoms with Crippen molar-refractivity contribution < 1.29 is 0 Å². The summed E-state index contributed by atoms with van der Waals surface area (Å²) in [7, 11) is 2.03. The lowest BCUT2D eigenvalue weighted by Crippen LogP contribution is -2.21. The first-order valence-corrected chi connectivity index (χ1v) is 6.37. The molecule has 1 atom stereocenters.